The number of aliphatic carboxylic acids is 1. The fourth-order valence-corrected chi connectivity index (χ4v) is 1.51. The minimum Gasteiger partial charge on any atom is -0.543 e. The van der Waals surface area contributed by atoms with Gasteiger partial charge in [-0.15, -0.1) is 11.3 Å². The molecule has 0 spiro atoms. The first-order valence-electron chi connectivity index (χ1n) is 3.83. The van der Waals surface area contributed by atoms with Gasteiger partial charge in [0.05, 0.1) is 11.7 Å². The molecule has 1 aromatic rings. The molecule has 5 heteroatoms. The molecule has 0 fully saturated rings. The van der Waals surface area contributed by atoms with Gasteiger partial charge in [0.25, 0.3) is 0 Å². The Bertz CT molecular complexity index is 367. The molecule has 1 heterocycles. The van der Waals surface area contributed by atoms with Crippen molar-refractivity contribution in [2.24, 2.45) is 0 Å². The van der Waals surface area contributed by atoms with E-state index in [1.807, 2.05) is 5.38 Å². The van der Waals surface area contributed by atoms with Crippen LogP contribution in [0.15, 0.2) is 23.2 Å². The van der Waals surface area contributed by atoms with Gasteiger partial charge in [-0.05, 0) is 17.5 Å². The van der Waals surface area contributed by atoms with Crippen LogP contribution >= 0.6 is 11.3 Å². The highest BCUT2D eigenvalue weighted by atomic mass is 32.1. The first-order chi connectivity index (χ1) is 6.59. The molecule has 0 aliphatic heterocycles. The molecule has 0 radical (unpaired) electrons. The molecule has 0 unspecified atom stereocenters. The van der Waals surface area contributed by atoms with Gasteiger partial charge in [0.2, 0.25) is 5.91 Å². The van der Waals surface area contributed by atoms with Crippen LogP contribution in [-0.2, 0) is 9.59 Å². The van der Waals surface area contributed by atoms with Gasteiger partial charge in [0.1, 0.15) is 0 Å². The molecule has 14 heavy (non-hydrogen) atoms. The highest BCUT2D eigenvalue weighted by Crippen LogP contribution is 2.11. The zero-order valence-electron chi connectivity index (χ0n) is 7.44. The number of hydrogen-bond acceptors (Lipinski definition) is 4. The van der Waals surface area contributed by atoms with Gasteiger partial charge in [-0.1, -0.05) is 6.07 Å². The van der Waals surface area contributed by atoms with Crippen LogP contribution in [0.3, 0.4) is 0 Å². The lowest BCUT2D eigenvalue weighted by Crippen LogP contribution is -2.34. The van der Waals surface area contributed by atoms with Gasteiger partial charge in [-0.3, -0.25) is 4.79 Å². The van der Waals surface area contributed by atoms with Crippen molar-refractivity contribution in [2.45, 2.75) is 6.92 Å². The van der Waals surface area contributed by atoms with Gasteiger partial charge in [-0.25, -0.2) is 0 Å². The van der Waals surface area contributed by atoms with E-state index in [4.69, 9.17) is 0 Å². The zero-order chi connectivity index (χ0) is 10.6. The Morgan fingerprint density at radius 3 is 2.71 bits per heavy atom. The van der Waals surface area contributed by atoms with Crippen molar-refractivity contribution >= 4 is 29.3 Å². The second kappa shape index (κ2) is 4.57. The van der Waals surface area contributed by atoms with Crippen molar-refractivity contribution in [1.29, 1.82) is 0 Å². The maximum Gasteiger partial charge on any atom is 0.221 e. The number of rotatable bonds is 3. The molecule has 1 amide bonds. The second-order valence-electron chi connectivity index (χ2n) is 2.54. The van der Waals surface area contributed by atoms with E-state index in [2.05, 4.69) is 5.32 Å². The number of carbonyl (C=O) groups excluding carboxylic acids is 2. The van der Waals surface area contributed by atoms with Crippen LogP contribution in [0.2, 0.25) is 0 Å². The topological polar surface area (TPSA) is 69.2 Å². The minimum absolute atomic E-state index is 0.222. The molecule has 4 nitrogen and oxygen atoms in total. The van der Waals surface area contributed by atoms with Crippen LogP contribution in [0.25, 0.3) is 6.08 Å². The number of carbonyl (C=O) groups is 2. The van der Waals surface area contributed by atoms with E-state index < -0.39 is 11.9 Å². The molecule has 0 aliphatic rings. The zero-order valence-corrected chi connectivity index (χ0v) is 8.26. The summed E-state index contributed by atoms with van der Waals surface area (Å²) >= 11 is 1.38. The number of hydrogen-bond donors (Lipinski definition) is 1. The molecule has 0 bridgehead atoms. The predicted octanol–water partition coefficient (Wildman–Crippen LogP) is -0.0250. The summed E-state index contributed by atoms with van der Waals surface area (Å²) < 4.78 is 0. The molecular formula is C9H8NO3S-. The molecule has 1 aromatic heterocycles. The summed E-state index contributed by atoms with van der Waals surface area (Å²) in [6.45, 7) is 1.24. The summed E-state index contributed by atoms with van der Waals surface area (Å²) in [5, 5.41) is 14.6. The summed E-state index contributed by atoms with van der Waals surface area (Å²) in [5.74, 6) is -1.83. The highest BCUT2D eigenvalue weighted by Gasteiger charge is 2.01. The molecule has 0 saturated heterocycles. The summed E-state index contributed by atoms with van der Waals surface area (Å²) in [4.78, 5) is 22.0. The maximum absolute atomic E-state index is 10.6. The van der Waals surface area contributed by atoms with Crippen molar-refractivity contribution in [1.82, 2.24) is 5.32 Å². The SMILES string of the molecule is CC(=O)N/C(=C/c1cccs1)C(=O)[O-]. The molecule has 0 aliphatic carbocycles. The summed E-state index contributed by atoms with van der Waals surface area (Å²) in [6, 6.07) is 3.53. The standard InChI is InChI=1S/C9H9NO3S/c1-6(11)10-8(9(12)13)5-7-3-2-4-14-7/h2-5H,1H3,(H,10,11)(H,12,13)/p-1/b8-5+. The van der Waals surface area contributed by atoms with E-state index >= 15 is 0 Å². The number of thiophene rings is 1. The third-order valence-electron chi connectivity index (χ3n) is 1.36. The third-order valence-corrected chi connectivity index (χ3v) is 2.18. The number of nitrogens with one attached hydrogen (secondary N) is 1. The Morgan fingerprint density at radius 2 is 2.29 bits per heavy atom. The first kappa shape index (κ1) is 10.5. The molecule has 74 valence electrons. The predicted molar refractivity (Wildman–Crippen MR) is 51.1 cm³/mol. The molecule has 0 saturated carbocycles. The summed E-state index contributed by atoms with van der Waals surface area (Å²) in [6.07, 6.45) is 1.36. The number of amides is 1. The normalized spacial score (nSPS) is 11.1. The van der Waals surface area contributed by atoms with Crippen molar-refractivity contribution in [2.75, 3.05) is 0 Å². The van der Waals surface area contributed by atoms with Crippen LogP contribution in [0.4, 0.5) is 0 Å². The van der Waals surface area contributed by atoms with Crippen molar-refractivity contribution in [3.05, 3.63) is 28.1 Å². The van der Waals surface area contributed by atoms with Crippen molar-refractivity contribution in [3.8, 4) is 0 Å². The number of carboxylic acids is 1. The van der Waals surface area contributed by atoms with E-state index in [-0.39, 0.29) is 5.70 Å². The van der Waals surface area contributed by atoms with E-state index in [1.54, 1.807) is 12.1 Å². The Hall–Kier alpha value is -1.62. The maximum atomic E-state index is 10.6. The smallest absolute Gasteiger partial charge is 0.221 e. The van der Waals surface area contributed by atoms with Crippen molar-refractivity contribution < 1.29 is 14.7 Å². The van der Waals surface area contributed by atoms with E-state index in [9.17, 15) is 14.7 Å². The fourth-order valence-electron chi connectivity index (χ4n) is 0.851. The molecule has 1 N–H and O–H groups in total. The van der Waals surface area contributed by atoms with Gasteiger partial charge >= 0.3 is 0 Å². The van der Waals surface area contributed by atoms with Crippen LogP contribution in [0.1, 0.15) is 11.8 Å². The van der Waals surface area contributed by atoms with E-state index in [0.29, 0.717) is 0 Å². The van der Waals surface area contributed by atoms with Crippen LogP contribution in [0.5, 0.6) is 0 Å². The lowest BCUT2D eigenvalue weighted by atomic mass is 10.3. The van der Waals surface area contributed by atoms with Gasteiger partial charge in [-0.2, -0.15) is 0 Å². The van der Waals surface area contributed by atoms with Crippen LogP contribution in [-0.4, -0.2) is 11.9 Å². The van der Waals surface area contributed by atoms with Crippen LogP contribution in [0, 0.1) is 0 Å². The Balaban J connectivity index is 2.88. The molecular weight excluding hydrogens is 202 g/mol. The summed E-state index contributed by atoms with van der Waals surface area (Å²) in [5.41, 5.74) is -0.222. The Kier molecular flexibility index (Phi) is 3.41. The highest BCUT2D eigenvalue weighted by molar-refractivity contribution is 7.10. The Morgan fingerprint density at radius 1 is 1.57 bits per heavy atom. The van der Waals surface area contributed by atoms with Crippen molar-refractivity contribution in [3.63, 3.8) is 0 Å². The average Bonchev–Trinajstić information content (AvgIpc) is 2.54. The second-order valence-corrected chi connectivity index (χ2v) is 3.52. The molecule has 0 aromatic carbocycles. The van der Waals surface area contributed by atoms with Gasteiger partial charge in [0.15, 0.2) is 0 Å². The monoisotopic (exact) mass is 210 g/mol. The third kappa shape index (κ3) is 3.02. The van der Waals surface area contributed by atoms with Crippen LogP contribution < -0.4 is 10.4 Å². The van der Waals surface area contributed by atoms with E-state index in [1.165, 1.54) is 24.3 Å². The lowest BCUT2D eigenvalue weighted by Gasteiger charge is -2.07. The van der Waals surface area contributed by atoms with Gasteiger partial charge in [0, 0.05) is 11.8 Å². The van der Waals surface area contributed by atoms with Gasteiger partial charge < -0.3 is 15.2 Å². The lowest BCUT2D eigenvalue weighted by molar-refractivity contribution is -0.299. The first-order valence-corrected chi connectivity index (χ1v) is 4.71. The summed E-state index contributed by atoms with van der Waals surface area (Å²) in [7, 11) is 0. The molecule has 0 atom stereocenters. The van der Waals surface area contributed by atoms with E-state index in [0.717, 1.165) is 4.88 Å². The largest absolute Gasteiger partial charge is 0.543 e. The number of carboxylic acid groups (broad SMARTS) is 1. The Labute approximate surface area is 84.9 Å². The minimum atomic E-state index is -1.39. The fraction of sp³-hybridized carbons (Fsp3) is 0.111. The quantitative estimate of drug-likeness (QED) is 0.712. The average molecular weight is 210 g/mol. The molecule has 1 rings (SSSR count).